The summed E-state index contributed by atoms with van der Waals surface area (Å²) in [7, 11) is 1.34. The number of carbonyl (C=O) groups excluding carboxylic acids is 1. The monoisotopic (exact) mass is 458 g/mol. The van der Waals surface area contributed by atoms with E-state index in [4.69, 9.17) is 16.3 Å². The van der Waals surface area contributed by atoms with Gasteiger partial charge < -0.3 is 19.7 Å². The van der Waals surface area contributed by atoms with Gasteiger partial charge in [0.2, 0.25) is 0 Å². The molecule has 2 rings (SSSR count). The largest absolute Gasteiger partial charge is 0.487 e. The third-order valence-electron chi connectivity index (χ3n) is 5.26. The maximum atomic E-state index is 14.3. The summed E-state index contributed by atoms with van der Waals surface area (Å²) in [6.07, 6.45) is 6.28. The number of alkyl halides is 2. The summed E-state index contributed by atoms with van der Waals surface area (Å²) in [5, 5.41) is 20.8. The van der Waals surface area contributed by atoms with Gasteiger partial charge >= 0.3 is 5.97 Å². The molecule has 1 aliphatic rings. The lowest BCUT2D eigenvalue weighted by atomic mass is 9.89. The molecule has 2 N–H and O–H groups in total. The van der Waals surface area contributed by atoms with Crippen molar-refractivity contribution in [2.75, 3.05) is 13.7 Å². The Morgan fingerprint density at radius 1 is 1.29 bits per heavy atom. The Hall–Kier alpha value is -1.96. The van der Waals surface area contributed by atoms with Gasteiger partial charge in [-0.2, -0.15) is 8.78 Å². The topological polar surface area (TPSA) is 76.0 Å². The number of allylic oxidation sites excluding steroid dienone is 2. The fraction of sp³-hybridized carbons (Fsp3) is 0.522. The van der Waals surface area contributed by atoms with Gasteiger partial charge in [-0.15, -0.1) is 0 Å². The van der Waals surface area contributed by atoms with Crippen molar-refractivity contribution in [1.29, 1.82) is 0 Å². The first-order valence-corrected chi connectivity index (χ1v) is 10.6. The molecule has 1 aromatic carbocycles. The van der Waals surface area contributed by atoms with Crippen LogP contribution in [0.3, 0.4) is 0 Å². The van der Waals surface area contributed by atoms with E-state index in [2.05, 4.69) is 4.74 Å². The smallest absolute Gasteiger partial charge is 0.305 e. The van der Waals surface area contributed by atoms with Gasteiger partial charge in [-0.1, -0.05) is 35.9 Å². The average Bonchev–Trinajstić information content (AvgIpc) is 3.00. The molecule has 1 fully saturated rings. The van der Waals surface area contributed by atoms with Gasteiger partial charge in [-0.3, -0.25) is 4.79 Å². The minimum atomic E-state index is -3.25. The van der Waals surface area contributed by atoms with E-state index in [1.165, 1.54) is 25.3 Å². The van der Waals surface area contributed by atoms with E-state index in [9.17, 15) is 23.8 Å². The van der Waals surface area contributed by atoms with Crippen LogP contribution < -0.4 is 4.74 Å². The highest BCUT2D eigenvalue weighted by molar-refractivity contribution is 6.30. The molecule has 4 atom stereocenters. The number of esters is 1. The number of aliphatic hydroxyl groups is 2. The second-order valence-electron chi connectivity index (χ2n) is 7.65. The summed E-state index contributed by atoms with van der Waals surface area (Å²) in [6.45, 7) is -0.861. The second-order valence-corrected chi connectivity index (χ2v) is 8.09. The van der Waals surface area contributed by atoms with Gasteiger partial charge in [-0.05, 0) is 49.5 Å². The number of benzene rings is 1. The zero-order chi connectivity index (χ0) is 22.9. The van der Waals surface area contributed by atoms with Crippen LogP contribution in [0.2, 0.25) is 5.02 Å². The van der Waals surface area contributed by atoms with Gasteiger partial charge in [0.1, 0.15) is 5.75 Å². The van der Waals surface area contributed by atoms with Gasteiger partial charge in [-0.25, -0.2) is 0 Å². The molecule has 1 saturated carbocycles. The van der Waals surface area contributed by atoms with E-state index < -0.39 is 30.7 Å². The molecule has 0 heterocycles. The zero-order valence-electron chi connectivity index (χ0n) is 17.4. The van der Waals surface area contributed by atoms with E-state index in [1.54, 1.807) is 12.1 Å². The highest BCUT2D eigenvalue weighted by Gasteiger charge is 2.40. The summed E-state index contributed by atoms with van der Waals surface area (Å²) in [6, 6.07) is 6.21. The number of ether oxygens (including phenoxy) is 2. The summed E-state index contributed by atoms with van der Waals surface area (Å²) in [5.41, 5.74) is 0. The fourth-order valence-electron chi connectivity index (χ4n) is 3.58. The third-order valence-corrected chi connectivity index (χ3v) is 5.49. The Kier molecular flexibility index (Phi) is 9.93. The van der Waals surface area contributed by atoms with Crippen molar-refractivity contribution in [3.63, 3.8) is 0 Å². The molecule has 0 radical (unpaired) electrons. The molecule has 0 bridgehead atoms. The lowest BCUT2D eigenvalue weighted by Crippen LogP contribution is -2.25. The van der Waals surface area contributed by atoms with E-state index in [0.29, 0.717) is 30.7 Å². The molecule has 0 aromatic heterocycles. The lowest BCUT2D eigenvalue weighted by Gasteiger charge is -2.20. The van der Waals surface area contributed by atoms with Crippen molar-refractivity contribution in [2.24, 2.45) is 11.8 Å². The number of aliphatic hydroxyl groups excluding tert-OH is 2. The summed E-state index contributed by atoms with van der Waals surface area (Å²) in [4.78, 5) is 11.1. The fourth-order valence-corrected chi connectivity index (χ4v) is 3.76. The molecule has 0 saturated heterocycles. The molecule has 0 amide bonds. The van der Waals surface area contributed by atoms with Gasteiger partial charge in [0, 0.05) is 23.8 Å². The quantitative estimate of drug-likeness (QED) is 0.289. The Morgan fingerprint density at radius 3 is 2.77 bits per heavy atom. The molecule has 0 spiro atoms. The van der Waals surface area contributed by atoms with Crippen molar-refractivity contribution in [1.82, 2.24) is 0 Å². The normalized spacial score (nSPS) is 24.2. The zero-order valence-corrected chi connectivity index (χ0v) is 18.2. The first-order chi connectivity index (χ1) is 14.7. The number of rotatable bonds is 11. The van der Waals surface area contributed by atoms with Gasteiger partial charge in [0.25, 0.3) is 5.92 Å². The number of carbonyl (C=O) groups is 1. The SMILES string of the molecule is COC(=O)CCC/C=C\C[C@@H]1[C@@H](/C=C/C(F)(F)COc2cccc(Cl)c2)[C@H](O)C[C@@H]1O. The molecular formula is C23H29ClF2O5. The van der Waals surface area contributed by atoms with E-state index in [0.717, 1.165) is 6.08 Å². The highest BCUT2D eigenvalue weighted by atomic mass is 35.5. The lowest BCUT2D eigenvalue weighted by molar-refractivity contribution is -0.140. The van der Waals surface area contributed by atoms with Crippen LogP contribution in [0.15, 0.2) is 48.6 Å². The highest BCUT2D eigenvalue weighted by Crippen LogP contribution is 2.37. The Morgan fingerprint density at radius 2 is 2.06 bits per heavy atom. The predicted octanol–water partition coefficient (Wildman–Crippen LogP) is 4.56. The third kappa shape index (κ3) is 8.59. The summed E-state index contributed by atoms with van der Waals surface area (Å²) >= 11 is 5.82. The molecule has 31 heavy (non-hydrogen) atoms. The standard InChI is InChI=1S/C23H29ClF2O5/c1-30-22(29)10-5-3-2-4-9-18-19(21(28)14-20(18)27)11-12-23(25,26)15-31-17-8-6-7-16(24)13-17/h2,4,6-8,11-13,18-21,27-28H,3,5,9-10,14-15H2,1H3/b4-2-,12-11+/t18-,19-,20+,21-/m1/s1. The second kappa shape index (κ2) is 12.2. The van der Waals surface area contributed by atoms with Crippen LogP contribution in [0.1, 0.15) is 32.1 Å². The molecule has 1 aliphatic carbocycles. The molecule has 172 valence electrons. The minimum Gasteiger partial charge on any atom is -0.487 e. The maximum Gasteiger partial charge on any atom is 0.305 e. The molecule has 0 aliphatic heterocycles. The van der Waals surface area contributed by atoms with Crippen molar-refractivity contribution < 1.29 is 33.3 Å². The van der Waals surface area contributed by atoms with Crippen LogP contribution >= 0.6 is 11.6 Å². The van der Waals surface area contributed by atoms with Crippen LogP contribution in [0, 0.1) is 11.8 Å². The van der Waals surface area contributed by atoms with E-state index in [-0.39, 0.29) is 24.1 Å². The predicted molar refractivity (Wildman–Crippen MR) is 114 cm³/mol. The first-order valence-electron chi connectivity index (χ1n) is 10.3. The van der Waals surface area contributed by atoms with Crippen molar-refractivity contribution in [3.05, 3.63) is 53.6 Å². The molecule has 5 nitrogen and oxygen atoms in total. The van der Waals surface area contributed by atoms with Crippen molar-refractivity contribution >= 4 is 17.6 Å². The minimum absolute atomic E-state index is 0.139. The Labute approximate surface area is 186 Å². The summed E-state index contributed by atoms with van der Waals surface area (Å²) in [5.74, 6) is -4.23. The molecule has 8 heteroatoms. The molecule has 0 unspecified atom stereocenters. The van der Waals surface area contributed by atoms with Crippen LogP contribution in [-0.4, -0.2) is 48.0 Å². The number of unbranched alkanes of at least 4 members (excludes halogenated alkanes) is 1. The number of halogens is 3. The summed E-state index contributed by atoms with van der Waals surface area (Å²) < 4.78 is 38.2. The van der Waals surface area contributed by atoms with Crippen LogP contribution in [0.25, 0.3) is 0 Å². The number of hydrogen-bond donors (Lipinski definition) is 2. The van der Waals surface area contributed by atoms with Crippen LogP contribution in [0.4, 0.5) is 8.78 Å². The molecule has 1 aromatic rings. The van der Waals surface area contributed by atoms with E-state index in [1.807, 2.05) is 12.2 Å². The Bertz CT molecular complexity index is 768. The van der Waals surface area contributed by atoms with E-state index >= 15 is 0 Å². The Balaban J connectivity index is 1.89. The van der Waals surface area contributed by atoms with Gasteiger partial charge in [0.05, 0.1) is 19.3 Å². The maximum absolute atomic E-state index is 14.3. The molecular weight excluding hydrogens is 430 g/mol. The number of hydrogen-bond acceptors (Lipinski definition) is 5. The first kappa shape index (κ1) is 25.3. The number of methoxy groups -OCH3 is 1. The van der Waals surface area contributed by atoms with Crippen LogP contribution in [0.5, 0.6) is 5.75 Å². The van der Waals surface area contributed by atoms with Crippen molar-refractivity contribution in [3.8, 4) is 5.75 Å². The van der Waals surface area contributed by atoms with Crippen molar-refractivity contribution in [2.45, 2.75) is 50.2 Å². The van der Waals surface area contributed by atoms with Crippen LogP contribution in [-0.2, 0) is 9.53 Å². The average molecular weight is 459 g/mol. The van der Waals surface area contributed by atoms with Gasteiger partial charge in [0.15, 0.2) is 6.61 Å².